The Morgan fingerprint density at radius 1 is 1.37 bits per heavy atom. The molecule has 1 aromatic rings. The number of hydrogen-bond donors (Lipinski definition) is 1. The fraction of sp³-hybridized carbons (Fsp3) is 0.583. The molecule has 0 bridgehead atoms. The molecule has 0 saturated heterocycles. The molecular formula is C12H17ClN2O2S2. The molecule has 2 rings (SSSR count). The third-order valence-corrected chi connectivity index (χ3v) is 6.20. The quantitative estimate of drug-likeness (QED) is 0.867. The smallest absolute Gasteiger partial charge is 0.240 e. The van der Waals surface area contributed by atoms with E-state index in [0.717, 1.165) is 25.7 Å². The zero-order valence-corrected chi connectivity index (χ0v) is 13.1. The maximum atomic E-state index is 12.2. The molecule has 4 nitrogen and oxygen atoms in total. The summed E-state index contributed by atoms with van der Waals surface area (Å²) in [6, 6.07) is 2.86. The van der Waals surface area contributed by atoms with Crippen LogP contribution in [0.25, 0.3) is 0 Å². The number of rotatable bonds is 4. The van der Waals surface area contributed by atoms with Crippen molar-refractivity contribution in [2.24, 2.45) is 0 Å². The van der Waals surface area contributed by atoms with Crippen LogP contribution in [0, 0.1) is 0 Å². The predicted octanol–water partition coefficient (Wildman–Crippen LogP) is 2.69. The molecule has 0 radical (unpaired) electrons. The first-order valence-electron chi connectivity index (χ1n) is 6.18. The van der Waals surface area contributed by atoms with Gasteiger partial charge in [0.1, 0.15) is 5.15 Å². The Labute approximate surface area is 123 Å². The number of aromatic nitrogens is 1. The van der Waals surface area contributed by atoms with Gasteiger partial charge in [0.2, 0.25) is 10.0 Å². The molecule has 1 heterocycles. The van der Waals surface area contributed by atoms with Crippen LogP contribution in [0.2, 0.25) is 5.15 Å². The largest absolute Gasteiger partial charge is 0.244 e. The van der Waals surface area contributed by atoms with Crippen molar-refractivity contribution < 1.29 is 8.42 Å². The Bertz CT molecular complexity index is 528. The minimum Gasteiger partial charge on any atom is -0.244 e. The number of halogens is 1. The van der Waals surface area contributed by atoms with E-state index in [0.29, 0.717) is 5.25 Å². The van der Waals surface area contributed by atoms with E-state index in [-0.39, 0.29) is 16.1 Å². The highest BCUT2D eigenvalue weighted by Gasteiger charge is 2.25. The van der Waals surface area contributed by atoms with E-state index in [1.54, 1.807) is 0 Å². The van der Waals surface area contributed by atoms with E-state index < -0.39 is 10.0 Å². The van der Waals surface area contributed by atoms with E-state index in [9.17, 15) is 8.42 Å². The predicted molar refractivity (Wildman–Crippen MR) is 79.1 cm³/mol. The van der Waals surface area contributed by atoms with Crippen molar-refractivity contribution in [1.82, 2.24) is 9.71 Å². The second-order valence-corrected chi connectivity index (χ2v) is 7.88. The zero-order chi connectivity index (χ0) is 13.9. The van der Waals surface area contributed by atoms with Gasteiger partial charge >= 0.3 is 0 Å². The monoisotopic (exact) mass is 320 g/mol. The molecule has 1 N–H and O–H groups in total. The first kappa shape index (κ1) is 15.1. The molecule has 7 heteroatoms. The number of sulfonamides is 1. The molecule has 0 spiro atoms. The van der Waals surface area contributed by atoms with Gasteiger partial charge in [-0.1, -0.05) is 11.6 Å². The highest BCUT2D eigenvalue weighted by Crippen LogP contribution is 2.27. The molecule has 1 aliphatic carbocycles. The average Bonchev–Trinajstić information content (AvgIpc) is 2.39. The van der Waals surface area contributed by atoms with Gasteiger partial charge in [-0.05, 0) is 44.1 Å². The lowest BCUT2D eigenvalue weighted by Gasteiger charge is -2.27. The number of hydrogen-bond acceptors (Lipinski definition) is 4. The van der Waals surface area contributed by atoms with E-state index in [2.05, 4.69) is 16.0 Å². The molecule has 0 unspecified atom stereocenters. The number of nitrogens with zero attached hydrogens (tertiary/aromatic N) is 1. The van der Waals surface area contributed by atoms with Crippen LogP contribution in [0.3, 0.4) is 0 Å². The summed E-state index contributed by atoms with van der Waals surface area (Å²) in [5.74, 6) is 0. The van der Waals surface area contributed by atoms with Gasteiger partial charge in [0.15, 0.2) is 0 Å². The molecular weight excluding hydrogens is 304 g/mol. The van der Waals surface area contributed by atoms with Gasteiger partial charge in [0.25, 0.3) is 0 Å². The molecule has 0 atom stereocenters. The first-order chi connectivity index (χ1) is 9.01. The van der Waals surface area contributed by atoms with Crippen LogP contribution in [-0.4, -0.2) is 30.9 Å². The van der Waals surface area contributed by atoms with Gasteiger partial charge < -0.3 is 0 Å². The minimum atomic E-state index is -3.49. The Kier molecular flexibility index (Phi) is 5.11. The van der Waals surface area contributed by atoms with Crippen LogP contribution in [0.15, 0.2) is 23.2 Å². The van der Waals surface area contributed by atoms with Crippen LogP contribution >= 0.6 is 23.4 Å². The third-order valence-electron chi connectivity index (χ3n) is 3.34. The Morgan fingerprint density at radius 3 is 2.63 bits per heavy atom. The van der Waals surface area contributed by atoms with Gasteiger partial charge in [-0.3, -0.25) is 0 Å². The summed E-state index contributed by atoms with van der Waals surface area (Å²) in [5, 5.41) is 0.852. The van der Waals surface area contributed by atoms with Crippen molar-refractivity contribution in [3.63, 3.8) is 0 Å². The van der Waals surface area contributed by atoms with E-state index in [4.69, 9.17) is 11.6 Å². The van der Waals surface area contributed by atoms with Gasteiger partial charge in [-0.15, -0.1) is 0 Å². The zero-order valence-electron chi connectivity index (χ0n) is 10.7. The number of nitrogens with one attached hydrogen (secondary N) is 1. The van der Waals surface area contributed by atoms with Crippen molar-refractivity contribution >= 4 is 33.4 Å². The van der Waals surface area contributed by atoms with Gasteiger partial charge in [0, 0.05) is 17.5 Å². The summed E-state index contributed by atoms with van der Waals surface area (Å²) in [5.41, 5.74) is 0. The van der Waals surface area contributed by atoms with Crippen molar-refractivity contribution in [3.8, 4) is 0 Å². The van der Waals surface area contributed by atoms with Crippen LogP contribution in [0.5, 0.6) is 0 Å². The van der Waals surface area contributed by atoms with Crippen LogP contribution < -0.4 is 4.72 Å². The van der Waals surface area contributed by atoms with Crippen molar-refractivity contribution in [2.45, 2.75) is 41.9 Å². The standard InChI is InChI=1S/C12H17ClN2O2S2/c1-18-10-4-2-9(3-5-10)15-19(16,17)11-6-7-14-12(13)8-11/h6-10,15H,2-5H2,1H3. The van der Waals surface area contributed by atoms with Crippen molar-refractivity contribution in [3.05, 3.63) is 23.5 Å². The topological polar surface area (TPSA) is 59.1 Å². The summed E-state index contributed by atoms with van der Waals surface area (Å²) in [6.07, 6.45) is 7.42. The summed E-state index contributed by atoms with van der Waals surface area (Å²) >= 11 is 7.59. The van der Waals surface area contributed by atoms with Gasteiger partial charge in [-0.25, -0.2) is 18.1 Å². The second kappa shape index (κ2) is 6.43. The molecule has 0 aliphatic heterocycles. The summed E-state index contributed by atoms with van der Waals surface area (Å²) in [4.78, 5) is 3.97. The second-order valence-electron chi connectivity index (χ2n) is 4.64. The minimum absolute atomic E-state index is 0.0281. The lowest BCUT2D eigenvalue weighted by molar-refractivity contribution is 0.420. The van der Waals surface area contributed by atoms with Crippen LogP contribution in [0.4, 0.5) is 0 Å². The Hall–Kier alpha value is -0.300. The molecule has 1 aromatic heterocycles. The maximum absolute atomic E-state index is 12.2. The van der Waals surface area contributed by atoms with E-state index >= 15 is 0 Å². The highest BCUT2D eigenvalue weighted by molar-refractivity contribution is 7.99. The number of pyridine rings is 1. The third kappa shape index (κ3) is 4.08. The van der Waals surface area contributed by atoms with Crippen molar-refractivity contribution in [1.29, 1.82) is 0 Å². The Balaban J connectivity index is 2.02. The molecule has 0 amide bonds. The van der Waals surface area contributed by atoms with Crippen LogP contribution in [-0.2, 0) is 10.0 Å². The molecule has 19 heavy (non-hydrogen) atoms. The van der Waals surface area contributed by atoms with Gasteiger partial charge in [0.05, 0.1) is 4.90 Å². The number of thioether (sulfide) groups is 1. The molecule has 1 aliphatic rings. The lowest BCUT2D eigenvalue weighted by Crippen LogP contribution is -2.38. The van der Waals surface area contributed by atoms with Crippen LogP contribution in [0.1, 0.15) is 25.7 Å². The fourth-order valence-electron chi connectivity index (χ4n) is 2.26. The molecule has 0 aromatic carbocycles. The summed E-state index contributed by atoms with van der Waals surface area (Å²) in [6.45, 7) is 0. The van der Waals surface area contributed by atoms with E-state index in [1.165, 1.54) is 18.3 Å². The molecule has 1 fully saturated rings. The fourth-order valence-corrected chi connectivity index (χ4v) is 4.56. The van der Waals surface area contributed by atoms with Gasteiger partial charge in [-0.2, -0.15) is 11.8 Å². The lowest BCUT2D eigenvalue weighted by atomic mass is 9.96. The molecule has 1 saturated carbocycles. The normalized spacial score (nSPS) is 24.3. The SMILES string of the molecule is CSC1CCC(NS(=O)(=O)c2ccnc(Cl)c2)CC1. The maximum Gasteiger partial charge on any atom is 0.240 e. The summed E-state index contributed by atoms with van der Waals surface area (Å²) < 4.78 is 27.2. The summed E-state index contributed by atoms with van der Waals surface area (Å²) in [7, 11) is -3.49. The Morgan fingerprint density at radius 2 is 2.05 bits per heavy atom. The average molecular weight is 321 g/mol. The van der Waals surface area contributed by atoms with E-state index in [1.807, 2.05) is 11.8 Å². The highest BCUT2D eigenvalue weighted by atomic mass is 35.5. The first-order valence-corrected chi connectivity index (χ1v) is 9.33. The molecule has 106 valence electrons. The van der Waals surface area contributed by atoms with Crippen molar-refractivity contribution in [2.75, 3.05) is 6.26 Å².